The van der Waals surface area contributed by atoms with Crippen molar-refractivity contribution >= 4 is 5.78 Å². The van der Waals surface area contributed by atoms with Crippen LogP contribution in [0.2, 0.25) is 0 Å². The van der Waals surface area contributed by atoms with Crippen LogP contribution in [0.3, 0.4) is 0 Å². The molecule has 1 aromatic carbocycles. The Morgan fingerprint density at radius 2 is 1.96 bits per heavy atom. The Morgan fingerprint density at radius 1 is 1.25 bits per heavy atom. The third kappa shape index (κ3) is 11.0. The first-order valence-corrected chi connectivity index (χ1v) is 8.96. The first kappa shape index (κ1) is 20.4. The fourth-order valence-electron chi connectivity index (χ4n) is 2.47. The monoisotopic (exact) mass is 332 g/mol. The van der Waals surface area contributed by atoms with E-state index in [-0.39, 0.29) is 5.78 Å². The van der Waals surface area contributed by atoms with Gasteiger partial charge in [0, 0.05) is 6.42 Å². The fourth-order valence-corrected chi connectivity index (χ4v) is 2.47. The van der Waals surface area contributed by atoms with Crippen LogP contribution in [0.1, 0.15) is 59.3 Å². The highest BCUT2D eigenvalue weighted by atomic mass is 16.5. The standard InChI is InChI=1S/C21H32O3/c1-18(11-8-16-21(2,3)23)10-7-12-19(22)13-9-17-24-20-14-5-4-6-15-20/h4-7,12,14-15,18,23H,8-11,13,16-17H2,1-3H3/t18-/m0/s1. The van der Waals surface area contributed by atoms with Gasteiger partial charge in [-0.15, -0.1) is 0 Å². The predicted molar refractivity (Wildman–Crippen MR) is 99.2 cm³/mol. The maximum Gasteiger partial charge on any atom is 0.155 e. The Labute approximate surface area is 146 Å². The van der Waals surface area contributed by atoms with E-state index in [2.05, 4.69) is 6.92 Å². The molecule has 0 saturated carbocycles. The van der Waals surface area contributed by atoms with Gasteiger partial charge in [0.25, 0.3) is 0 Å². The molecule has 0 spiro atoms. The van der Waals surface area contributed by atoms with E-state index in [0.717, 1.165) is 37.9 Å². The van der Waals surface area contributed by atoms with E-state index in [0.29, 0.717) is 18.9 Å². The summed E-state index contributed by atoms with van der Waals surface area (Å²) in [5, 5.41) is 9.69. The van der Waals surface area contributed by atoms with E-state index in [1.165, 1.54) is 0 Å². The highest BCUT2D eigenvalue weighted by Crippen LogP contribution is 2.18. The van der Waals surface area contributed by atoms with E-state index in [1.54, 1.807) is 6.08 Å². The van der Waals surface area contributed by atoms with Gasteiger partial charge < -0.3 is 9.84 Å². The van der Waals surface area contributed by atoms with Crippen molar-refractivity contribution in [3.8, 4) is 5.75 Å². The molecule has 1 aromatic rings. The highest BCUT2D eigenvalue weighted by Gasteiger charge is 2.12. The summed E-state index contributed by atoms with van der Waals surface area (Å²) in [5.41, 5.74) is -0.576. The topological polar surface area (TPSA) is 46.5 Å². The maximum atomic E-state index is 11.8. The van der Waals surface area contributed by atoms with Crippen molar-refractivity contribution in [2.75, 3.05) is 6.61 Å². The largest absolute Gasteiger partial charge is 0.494 e. The lowest BCUT2D eigenvalue weighted by Crippen LogP contribution is -2.18. The molecule has 0 heterocycles. The Kier molecular flexibility index (Phi) is 9.39. The van der Waals surface area contributed by atoms with E-state index in [4.69, 9.17) is 4.74 Å². The molecule has 0 bridgehead atoms. The number of carbonyl (C=O) groups excluding carboxylic acids is 1. The second kappa shape index (κ2) is 11.0. The number of aliphatic hydroxyl groups is 1. The molecule has 0 saturated heterocycles. The van der Waals surface area contributed by atoms with Gasteiger partial charge in [0.05, 0.1) is 12.2 Å². The van der Waals surface area contributed by atoms with Crippen LogP contribution in [0.15, 0.2) is 42.5 Å². The molecule has 0 aliphatic carbocycles. The van der Waals surface area contributed by atoms with Crippen LogP contribution >= 0.6 is 0 Å². The van der Waals surface area contributed by atoms with Gasteiger partial charge in [-0.25, -0.2) is 0 Å². The highest BCUT2D eigenvalue weighted by molar-refractivity contribution is 5.89. The summed E-state index contributed by atoms with van der Waals surface area (Å²) in [7, 11) is 0. The van der Waals surface area contributed by atoms with Crippen molar-refractivity contribution in [2.45, 2.75) is 64.9 Å². The third-order valence-corrected chi connectivity index (χ3v) is 3.91. The lowest BCUT2D eigenvalue weighted by atomic mass is 9.95. The van der Waals surface area contributed by atoms with Crippen molar-refractivity contribution < 1.29 is 14.6 Å². The van der Waals surface area contributed by atoms with E-state index < -0.39 is 5.60 Å². The Bertz CT molecular complexity index is 486. The van der Waals surface area contributed by atoms with Crippen LogP contribution in [0, 0.1) is 5.92 Å². The molecule has 1 atom stereocenters. The molecule has 0 amide bonds. The second-order valence-corrected chi connectivity index (χ2v) is 7.18. The van der Waals surface area contributed by atoms with Crippen LogP contribution in [0.25, 0.3) is 0 Å². The molecule has 0 fully saturated rings. The number of para-hydroxylation sites is 1. The Morgan fingerprint density at radius 3 is 2.62 bits per heavy atom. The quantitative estimate of drug-likeness (QED) is 0.436. The number of benzene rings is 1. The number of carbonyl (C=O) groups is 1. The zero-order chi connectivity index (χ0) is 17.8. The van der Waals surface area contributed by atoms with E-state index in [9.17, 15) is 9.90 Å². The van der Waals surface area contributed by atoms with Crippen LogP contribution in [0.5, 0.6) is 5.75 Å². The summed E-state index contributed by atoms with van der Waals surface area (Å²) in [6.45, 7) is 6.44. The summed E-state index contributed by atoms with van der Waals surface area (Å²) in [5.74, 6) is 1.55. The van der Waals surface area contributed by atoms with Crippen LogP contribution in [-0.4, -0.2) is 23.1 Å². The summed E-state index contributed by atoms with van der Waals surface area (Å²) in [6, 6.07) is 9.66. The van der Waals surface area contributed by atoms with E-state index in [1.807, 2.05) is 50.3 Å². The molecule has 0 aromatic heterocycles. The molecule has 134 valence electrons. The van der Waals surface area contributed by atoms with Gasteiger partial charge in [-0.1, -0.05) is 44.0 Å². The molecular formula is C21H32O3. The first-order chi connectivity index (χ1) is 11.4. The molecule has 24 heavy (non-hydrogen) atoms. The van der Waals surface area contributed by atoms with Gasteiger partial charge in [-0.3, -0.25) is 4.79 Å². The summed E-state index contributed by atoms with van der Waals surface area (Å²) < 4.78 is 5.57. The Hall–Kier alpha value is -1.61. The number of hydrogen-bond acceptors (Lipinski definition) is 3. The average molecular weight is 332 g/mol. The smallest absolute Gasteiger partial charge is 0.155 e. The number of allylic oxidation sites excluding steroid dienone is 2. The molecule has 0 radical (unpaired) electrons. The summed E-state index contributed by atoms with van der Waals surface area (Å²) in [6.07, 6.45) is 8.77. The molecule has 0 aliphatic heterocycles. The van der Waals surface area contributed by atoms with Gasteiger partial charge in [0.1, 0.15) is 5.75 Å². The predicted octanol–water partition coefficient (Wildman–Crippen LogP) is 4.94. The van der Waals surface area contributed by atoms with Crippen molar-refractivity contribution in [2.24, 2.45) is 5.92 Å². The van der Waals surface area contributed by atoms with Gasteiger partial charge in [-0.05, 0) is 57.2 Å². The van der Waals surface area contributed by atoms with Crippen LogP contribution < -0.4 is 4.74 Å². The molecular weight excluding hydrogens is 300 g/mol. The zero-order valence-corrected chi connectivity index (χ0v) is 15.3. The molecule has 1 N–H and O–H groups in total. The summed E-state index contributed by atoms with van der Waals surface area (Å²) >= 11 is 0. The number of rotatable bonds is 12. The minimum atomic E-state index is -0.576. The van der Waals surface area contributed by atoms with Crippen LogP contribution in [0.4, 0.5) is 0 Å². The third-order valence-electron chi connectivity index (χ3n) is 3.91. The number of ether oxygens (including phenoxy) is 1. The normalized spacial score (nSPS) is 13.2. The minimum Gasteiger partial charge on any atom is -0.494 e. The molecule has 0 unspecified atom stereocenters. The molecule has 3 nitrogen and oxygen atoms in total. The molecule has 0 aliphatic rings. The van der Waals surface area contributed by atoms with Crippen molar-refractivity contribution in [3.63, 3.8) is 0 Å². The van der Waals surface area contributed by atoms with Gasteiger partial charge >= 0.3 is 0 Å². The summed E-state index contributed by atoms with van der Waals surface area (Å²) in [4.78, 5) is 11.8. The minimum absolute atomic E-state index is 0.162. The molecule has 1 rings (SSSR count). The van der Waals surface area contributed by atoms with Gasteiger partial charge in [-0.2, -0.15) is 0 Å². The van der Waals surface area contributed by atoms with Gasteiger partial charge in [0.15, 0.2) is 5.78 Å². The maximum absolute atomic E-state index is 11.8. The fraction of sp³-hybridized carbons (Fsp3) is 0.571. The lowest BCUT2D eigenvalue weighted by Gasteiger charge is -2.17. The van der Waals surface area contributed by atoms with Crippen molar-refractivity contribution in [1.29, 1.82) is 0 Å². The zero-order valence-electron chi connectivity index (χ0n) is 15.3. The average Bonchev–Trinajstić information content (AvgIpc) is 2.51. The lowest BCUT2D eigenvalue weighted by molar-refractivity contribution is -0.114. The molecule has 3 heteroatoms. The Balaban J connectivity index is 2.08. The van der Waals surface area contributed by atoms with Crippen molar-refractivity contribution in [3.05, 3.63) is 42.5 Å². The SMILES string of the molecule is C[C@@H](CC=CC(=O)CCCOc1ccccc1)CCCC(C)(C)O. The van der Waals surface area contributed by atoms with E-state index >= 15 is 0 Å². The van der Waals surface area contributed by atoms with Gasteiger partial charge in [0.2, 0.25) is 0 Å². The number of hydrogen-bond donors (Lipinski definition) is 1. The second-order valence-electron chi connectivity index (χ2n) is 7.18. The first-order valence-electron chi connectivity index (χ1n) is 8.96. The van der Waals surface area contributed by atoms with Crippen LogP contribution in [-0.2, 0) is 4.79 Å². The van der Waals surface area contributed by atoms with Crippen molar-refractivity contribution in [1.82, 2.24) is 0 Å². The number of ketones is 1.